The smallest absolute Gasteiger partial charge is 0.0924 e. The van der Waals surface area contributed by atoms with Crippen LogP contribution in [0.15, 0.2) is 18.2 Å². The molecule has 1 rings (SSSR count). The highest BCUT2D eigenvalue weighted by Crippen LogP contribution is 2.05. The molecule has 1 nitrogen and oxygen atoms in total. The largest absolute Gasteiger partial charge is 0.325 e. The molecule has 0 saturated carbocycles. The monoisotopic (exact) mass is 154 g/mol. The third-order valence-electron chi connectivity index (χ3n) is 1.56. The van der Waals surface area contributed by atoms with E-state index in [1.54, 1.807) is 0 Å². The summed E-state index contributed by atoms with van der Waals surface area (Å²) in [7, 11) is -0.767. The minimum Gasteiger partial charge on any atom is -0.325 e. The molecule has 0 saturated heterocycles. The van der Waals surface area contributed by atoms with Gasteiger partial charge in [-0.15, -0.1) is 0 Å². The van der Waals surface area contributed by atoms with Gasteiger partial charge in [0.25, 0.3) is 0 Å². The van der Waals surface area contributed by atoms with Crippen molar-refractivity contribution in [1.82, 2.24) is 0 Å². The molecule has 10 heavy (non-hydrogen) atoms. The van der Waals surface area contributed by atoms with Crippen LogP contribution >= 0.6 is 8.46 Å². The Balaban J connectivity index is 3.21. The van der Waals surface area contributed by atoms with Crippen molar-refractivity contribution < 1.29 is 4.57 Å². The first-order valence-electron chi connectivity index (χ1n) is 3.26. The van der Waals surface area contributed by atoms with Gasteiger partial charge < -0.3 is 4.57 Å². The third-order valence-corrected chi connectivity index (χ3v) is 2.44. The molecule has 0 bridgehead atoms. The zero-order valence-electron chi connectivity index (χ0n) is 6.22. The van der Waals surface area contributed by atoms with Crippen LogP contribution in [-0.2, 0) is 4.57 Å². The van der Waals surface area contributed by atoms with Crippen LogP contribution in [0.3, 0.4) is 0 Å². The van der Waals surface area contributed by atoms with Gasteiger partial charge in [-0.2, -0.15) is 0 Å². The highest BCUT2D eigenvalue weighted by Gasteiger charge is 1.93. The molecule has 54 valence electrons. The van der Waals surface area contributed by atoms with Gasteiger partial charge in [0.15, 0.2) is 0 Å². The molecule has 0 N–H and O–H groups in total. The fourth-order valence-corrected chi connectivity index (χ4v) is 1.50. The van der Waals surface area contributed by atoms with Crippen LogP contribution in [-0.4, -0.2) is 0 Å². The second kappa shape index (κ2) is 3.03. The average molecular weight is 154 g/mol. The molecule has 1 aromatic rings. The average Bonchev–Trinajstić information content (AvgIpc) is 1.94. The van der Waals surface area contributed by atoms with Crippen molar-refractivity contribution in [2.75, 3.05) is 0 Å². The lowest BCUT2D eigenvalue weighted by atomic mass is 10.2. The van der Waals surface area contributed by atoms with Gasteiger partial charge in [0.2, 0.25) is 0 Å². The number of rotatable bonds is 1. The summed E-state index contributed by atoms with van der Waals surface area (Å²) in [6, 6.07) is 6.03. The lowest BCUT2D eigenvalue weighted by Gasteiger charge is -1.97. The predicted molar refractivity (Wildman–Crippen MR) is 45.9 cm³/mol. The molecular formula is C8H11OP. The number of hydrogen-bond donors (Lipinski definition) is 0. The van der Waals surface area contributed by atoms with Crippen LogP contribution in [0.5, 0.6) is 0 Å². The Morgan fingerprint density at radius 1 is 1.30 bits per heavy atom. The molecule has 0 aliphatic carbocycles. The molecule has 0 aliphatic rings. The van der Waals surface area contributed by atoms with Gasteiger partial charge in [-0.1, -0.05) is 17.7 Å². The van der Waals surface area contributed by atoms with Crippen LogP contribution < -0.4 is 5.30 Å². The summed E-state index contributed by atoms with van der Waals surface area (Å²) in [4.78, 5) is 0. The standard InChI is InChI=1S/C8H11OP/c1-6-3-4-7(2)8(5-6)10-9/h3-5H,10H2,1-2H3. The second-order valence-corrected chi connectivity index (χ2v) is 3.34. The maximum Gasteiger partial charge on any atom is 0.0924 e. The Labute approximate surface area is 62.3 Å². The molecule has 1 unspecified atom stereocenters. The summed E-state index contributed by atoms with van der Waals surface area (Å²) in [5, 5.41) is 1.00. The predicted octanol–water partition coefficient (Wildman–Crippen LogP) is 1.69. The molecule has 0 heterocycles. The maximum absolute atomic E-state index is 10.6. The second-order valence-electron chi connectivity index (χ2n) is 2.48. The Kier molecular flexibility index (Phi) is 2.29. The summed E-state index contributed by atoms with van der Waals surface area (Å²) in [6.07, 6.45) is 0. The third kappa shape index (κ3) is 1.48. The van der Waals surface area contributed by atoms with Crippen molar-refractivity contribution in [3.63, 3.8) is 0 Å². The van der Waals surface area contributed by atoms with E-state index in [-0.39, 0.29) is 0 Å². The minimum atomic E-state index is -0.767. The maximum atomic E-state index is 10.6. The van der Waals surface area contributed by atoms with E-state index in [9.17, 15) is 4.57 Å². The van der Waals surface area contributed by atoms with Crippen LogP contribution in [0.4, 0.5) is 0 Å². The van der Waals surface area contributed by atoms with Crippen molar-refractivity contribution in [2.24, 2.45) is 0 Å². The van der Waals surface area contributed by atoms with Gasteiger partial charge in [0, 0.05) is 5.30 Å². The first kappa shape index (κ1) is 7.56. The first-order valence-corrected chi connectivity index (χ1v) is 4.31. The van der Waals surface area contributed by atoms with Crippen LogP contribution in [0.1, 0.15) is 11.1 Å². The molecule has 0 fully saturated rings. The number of hydrogen-bond acceptors (Lipinski definition) is 1. The van der Waals surface area contributed by atoms with E-state index in [0.717, 1.165) is 10.9 Å². The van der Waals surface area contributed by atoms with Crippen LogP contribution in [0.25, 0.3) is 0 Å². The van der Waals surface area contributed by atoms with E-state index < -0.39 is 8.46 Å². The Morgan fingerprint density at radius 3 is 2.50 bits per heavy atom. The fraction of sp³-hybridized carbons (Fsp3) is 0.250. The van der Waals surface area contributed by atoms with Crippen molar-refractivity contribution in [3.05, 3.63) is 29.3 Å². The molecule has 0 spiro atoms. The van der Waals surface area contributed by atoms with E-state index in [1.807, 2.05) is 32.0 Å². The molecule has 0 radical (unpaired) electrons. The van der Waals surface area contributed by atoms with Crippen LogP contribution in [0, 0.1) is 13.8 Å². The molecule has 0 aliphatic heterocycles. The Morgan fingerprint density at radius 2 is 2.00 bits per heavy atom. The molecule has 1 aromatic carbocycles. The van der Waals surface area contributed by atoms with E-state index in [4.69, 9.17) is 0 Å². The van der Waals surface area contributed by atoms with E-state index >= 15 is 0 Å². The highest BCUT2D eigenvalue weighted by atomic mass is 31.1. The van der Waals surface area contributed by atoms with Gasteiger partial charge in [-0.05, 0) is 25.5 Å². The first-order chi connectivity index (χ1) is 4.74. The molecule has 1 atom stereocenters. The number of aryl methyl sites for hydroxylation is 2. The Bertz CT molecular complexity index is 255. The van der Waals surface area contributed by atoms with Crippen molar-refractivity contribution in [2.45, 2.75) is 13.8 Å². The van der Waals surface area contributed by atoms with Crippen LogP contribution in [0.2, 0.25) is 0 Å². The SMILES string of the molecule is Cc1ccc(C)c([PH2]=O)c1. The van der Waals surface area contributed by atoms with E-state index in [2.05, 4.69) is 0 Å². The summed E-state index contributed by atoms with van der Waals surface area (Å²) < 4.78 is 10.6. The normalized spacial score (nSPS) is 11.0. The summed E-state index contributed by atoms with van der Waals surface area (Å²) >= 11 is 0. The molecular weight excluding hydrogens is 143 g/mol. The van der Waals surface area contributed by atoms with Crippen molar-refractivity contribution in [3.8, 4) is 0 Å². The lowest BCUT2D eigenvalue weighted by Crippen LogP contribution is -1.96. The van der Waals surface area contributed by atoms with Crippen molar-refractivity contribution >= 4 is 13.8 Å². The van der Waals surface area contributed by atoms with Gasteiger partial charge in [0.05, 0.1) is 8.46 Å². The zero-order valence-corrected chi connectivity index (χ0v) is 7.37. The molecule has 2 heteroatoms. The topological polar surface area (TPSA) is 17.1 Å². The fourth-order valence-electron chi connectivity index (χ4n) is 0.887. The molecule has 0 amide bonds. The number of benzene rings is 1. The van der Waals surface area contributed by atoms with Crippen molar-refractivity contribution in [1.29, 1.82) is 0 Å². The van der Waals surface area contributed by atoms with E-state index in [0.29, 0.717) is 0 Å². The Hall–Kier alpha value is -0.550. The van der Waals surface area contributed by atoms with Gasteiger partial charge >= 0.3 is 0 Å². The highest BCUT2D eigenvalue weighted by molar-refractivity contribution is 7.34. The minimum absolute atomic E-state index is 0.767. The lowest BCUT2D eigenvalue weighted by molar-refractivity contribution is 0.603. The summed E-state index contributed by atoms with van der Waals surface area (Å²) in [5.41, 5.74) is 2.32. The van der Waals surface area contributed by atoms with Gasteiger partial charge in [0.1, 0.15) is 0 Å². The summed E-state index contributed by atoms with van der Waals surface area (Å²) in [6.45, 7) is 4.00. The van der Waals surface area contributed by atoms with E-state index in [1.165, 1.54) is 5.56 Å². The molecule has 0 aromatic heterocycles. The zero-order chi connectivity index (χ0) is 7.56. The summed E-state index contributed by atoms with van der Waals surface area (Å²) in [5.74, 6) is 0. The van der Waals surface area contributed by atoms with Gasteiger partial charge in [-0.3, -0.25) is 0 Å². The van der Waals surface area contributed by atoms with Gasteiger partial charge in [-0.25, -0.2) is 0 Å². The quantitative estimate of drug-likeness (QED) is 0.562.